The third-order valence-corrected chi connectivity index (χ3v) is 2.19. The number of hydrogen-bond donors (Lipinski definition) is 2. The number of nitro groups is 1. The van der Waals surface area contributed by atoms with Gasteiger partial charge in [0.25, 0.3) is 11.6 Å². The summed E-state index contributed by atoms with van der Waals surface area (Å²) in [5.74, 6) is -0.775. The Labute approximate surface area is 104 Å². The van der Waals surface area contributed by atoms with Crippen LogP contribution in [0, 0.1) is 10.1 Å². The number of hydrogen-bond acceptors (Lipinski definition) is 4. The van der Waals surface area contributed by atoms with Crippen LogP contribution in [0.2, 0.25) is 0 Å². The van der Waals surface area contributed by atoms with Gasteiger partial charge in [0.2, 0.25) is 0 Å². The largest absolute Gasteiger partial charge is 0.508 e. The fourth-order valence-electron chi connectivity index (χ4n) is 1.31. The molecule has 0 saturated heterocycles. The van der Waals surface area contributed by atoms with Gasteiger partial charge in [-0.05, 0) is 26.0 Å². The lowest BCUT2D eigenvalue weighted by Gasteiger charge is -2.04. The SMILES string of the molecule is CC(C)=CCNC(=O)c1cc(O)ccc1[N+](=O)[O-]. The summed E-state index contributed by atoms with van der Waals surface area (Å²) >= 11 is 0. The zero-order valence-electron chi connectivity index (χ0n) is 10.1. The average Bonchev–Trinajstić information content (AvgIpc) is 2.27. The van der Waals surface area contributed by atoms with Gasteiger partial charge in [0.05, 0.1) is 4.92 Å². The van der Waals surface area contributed by atoms with Crippen LogP contribution < -0.4 is 5.32 Å². The number of carbonyl (C=O) groups excluding carboxylic acids is 1. The smallest absolute Gasteiger partial charge is 0.282 e. The molecule has 1 aromatic rings. The lowest BCUT2D eigenvalue weighted by Crippen LogP contribution is -2.24. The molecule has 0 aliphatic heterocycles. The van der Waals surface area contributed by atoms with Gasteiger partial charge in [0, 0.05) is 12.6 Å². The fourth-order valence-corrected chi connectivity index (χ4v) is 1.31. The number of aromatic hydroxyl groups is 1. The van der Waals surface area contributed by atoms with Gasteiger partial charge < -0.3 is 10.4 Å². The van der Waals surface area contributed by atoms with Gasteiger partial charge in [0.15, 0.2) is 0 Å². The van der Waals surface area contributed by atoms with Crippen LogP contribution >= 0.6 is 0 Å². The molecule has 0 saturated carbocycles. The molecule has 0 atom stereocenters. The molecule has 0 unspecified atom stereocenters. The second-order valence-electron chi connectivity index (χ2n) is 3.95. The van der Waals surface area contributed by atoms with Crippen LogP contribution in [-0.2, 0) is 0 Å². The summed E-state index contributed by atoms with van der Waals surface area (Å²) in [4.78, 5) is 21.8. The van der Waals surface area contributed by atoms with Gasteiger partial charge in [-0.25, -0.2) is 0 Å². The van der Waals surface area contributed by atoms with E-state index < -0.39 is 10.8 Å². The summed E-state index contributed by atoms with van der Waals surface area (Å²) in [6, 6.07) is 3.35. The Bertz CT molecular complexity index is 505. The highest BCUT2D eigenvalue weighted by atomic mass is 16.6. The Hall–Kier alpha value is -2.37. The van der Waals surface area contributed by atoms with E-state index in [9.17, 15) is 20.0 Å². The van der Waals surface area contributed by atoms with E-state index in [0.29, 0.717) is 0 Å². The predicted octanol–water partition coefficient (Wildman–Crippen LogP) is 2.00. The van der Waals surface area contributed by atoms with Crippen molar-refractivity contribution in [1.82, 2.24) is 5.32 Å². The van der Waals surface area contributed by atoms with E-state index in [-0.39, 0.29) is 23.5 Å². The van der Waals surface area contributed by atoms with Crippen molar-refractivity contribution >= 4 is 11.6 Å². The lowest BCUT2D eigenvalue weighted by atomic mass is 10.1. The summed E-state index contributed by atoms with van der Waals surface area (Å²) in [5.41, 5.74) is 0.547. The van der Waals surface area contributed by atoms with Gasteiger partial charge in [-0.2, -0.15) is 0 Å². The predicted molar refractivity (Wildman–Crippen MR) is 66.5 cm³/mol. The highest BCUT2D eigenvalue weighted by Gasteiger charge is 2.20. The van der Waals surface area contributed by atoms with Crippen molar-refractivity contribution in [3.8, 4) is 5.75 Å². The second-order valence-corrected chi connectivity index (χ2v) is 3.95. The quantitative estimate of drug-likeness (QED) is 0.485. The third-order valence-electron chi connectivity index (χ3n) is 2.19. The maximum Gasteiger partial charge on any atom is 0.282 e. The lowest BCUT2D eigenvalue weighted by molar-refractivity contribution is -0.385. The molecule has 2 N–H and O–H groups in total. The monoisotopic (exact) mass is 250 g/mol. The van der Waals surface area contributed by atoms with E-state index in [1.54, 1.807) is 6.08 Å². The number of phenolic OH excluding ortho intramolecular Hbond substituents is 1. The number of nitro benzene ring substituents is 1. The van der Waals surface area contributed by atoms with Crippen molar-refractivity contribution in [1.29, 1.82) is 0 Å². The maximum atomic E-state index is 11.7. The Morgan fingerprint density at radius 1 is 1.50 bits per heavy atom. The summed E-state index contributed by atoms with van der Waals surface area (Å²) < 4.78 is 0. The van der Waals surface area contributed by atoms with Crippen molar-refractivity contribution in [3.05, 3.63) is 45.5 Å². The summed E-state index contributed by atoms with van der Waals surface area (Å²) in [6.45, 7) is 4.04. The Kier molecular flexibility index (Phi) is 4.42. The molecule has 0 fully saturated rings. The number of nitrogens with one attached hydrogen (secondary N) is 1. The van der Waals surface area contributed by atoms with Crippen LogP contribution in [0.1, 0.15) is 24.2 Å². The first-order chi connectivity index (χ1) is 8.41. The van der Waals surface area contributed by atoms with Crippen molar-refractivity contribution in [3.63, 3.8) is 0 Å². The van der Waals surface area contributed by atoms with Crippen LogP contribution in [0.4, 0.5) is 5.69 Å². The van der Waals surface area contributed by atoms with Crippen molar-refractivity contribution in [2.75, 3.05) is 6.54 Å². The Balaban J connectivity index is 2.93. The number of phenols is 1. The molecule has 0 aliphatic rings. The highest BCUT2D eigenvalue weighted by molar-refractivity contribution is 5.98. The molecule has 0 spiro atoms. The van der Waals surface area contributed by atoms with E-state index in [1.807, 2.05) is 13.8 Å². The van der Waals surface area contributed by atoms with Crippen molar-refractivity contribution in [2.45, 2.75) is 13.8 Å². The van der Waals surface area contributed by atoms with Gasteiger partial charge >= 0.3 is 0 Å². The van der Waals surface area contributed by atoms with E-state index in [1.165, 1.54) is 6.07 Å². The fraction of sp³-hybridized carbons (Fsp3) is 0.250. The minimum Gasteiger partial charge on any atom is -0.508 e. The van der Waals surface area contributed by atoms with Gasteiger partial charge in [0.1, 0.15) is 11.3 Å². The van der Waals surface area contributed by atoms with Gasteiger partial charge in [-0.15, -0.1) is 0 Å². The summed E-state index contributed by atoms with van der Waals surface area (Å²) in [6.07, 6.45) is 1.78. The summed E-state index contributed by atoms with van der Waals surface area (Å²) in [5, 5.41) is 22.5. The maximum absolute atomic E-state index is 11.7. The van der Waals surface area contributed by atoms with E-state index in [0.717, 1.165) is 17.7 Å². The normalized spacial score (nSPS) is 9.67. The topological polar surface area (TPSA) is 92.5 Å². The molecule has 1 amide bonds. The molecule has 0 aliphatic carbocycles. The van der Waals surface area contributed by atoms with Crippen LogP contribution in [0.3, 0.4) is 0 Å². The molecular formula is C12H14N2O4. The Morgan fingerprint density at radius 2 is 2.17 bits per heavy atom. The third kappa shape index (κ3) is 3.58. The molecule has 0 bridgehead atoms. The van der Waals surface area contributed by atoms with Crippen LogP contribution in [0.5, 0.6) is 5.75 Å². The standard InChI is InChI=1S/C12H14N2O4/c1-8(2)5-6-13-12(16)10-7-9(15)3-4-11(10)14(17)18/h3-5,7,15H,6H2,1-2H3,(H,13,16). The van der Waals surface area contributed by atoms with Crippen molar-refractivity contribution < 1.29 is 14.8 Å². The molecule has 0 heterocycles. The molecular weight excluding hydrogens is 236 g/mol. The zero-order valence-corrected chi connectivity index (χ0v) is 10.1. The zero-order chi connectivity index (χ0) is 13.7. The van der Waals surface area contributed by atoms with Gasteiger partial charge in [-0.1, -0.05) is 11.6 Å². The molecule has 6 nitrogen and oxygen atoms in total. The molecule has 0 aromatic heterocycles. The van der Waals surface area contributed by atoms with Gasteiger partial charge in [-0.3, -0.25) is 14.9 Å². The number of nitrogens with zero attached hydrogens (tertiary/aromatic N) is 1. The van der Waals surface area contributed by atoms with Crippen molar-refractivity contribution in [2.24, 2.45) is 0 Å². The first-order valence-corrected chi connectivity index (χ1v) is 5.30. The second kappa shape index (κ2) is 5.81. The van der Waals surface area contributed by atoms with E-state index in [4.69, 9.17) is 0 Å². The van der Waals surface area contributed by atoms with Crippen LogP contribution in [0.25, 0.3) is 0 Å². The molecule has 0 radical (unpaired) electrons. The molecule has 18 heavy (non-hydrogen) atoms. The minimum absolute atomic E-state index is 0.151. The molecule has 6 heteroatoms. The number of allylic oxidation sites excluding steroid dienone is 1. The molecule has 96 valence electrons. The number of rotatable bonds is 4. The highest BCUT2D eigenvalue weighted by Crippen LogP contribution is 2.22. The van der Waals surface area contributed by atoms with Crippen LogP contribution in [-0.4, -0.2) is 22.5 Å². The minimum atomic E-state index is -0.657. The summed E-state index contributed by atoms with van der Waals surface area (Å²) in [7, 11) is 0. The number of benzene rings is 1. The Morgan fingerprint density at radius 3 is 2.72 bits per heavy atom. The average molecular weight is 250 g/mol. The van der Waals surface area contributed by atoms with E-state index in [2.05, 4.69) is 5.32 Å². The first-order valence-electron chi connectivity index (χ1n) is 5.30. The number of carbonyl (C=O) groups is 1. The molecule has 1 aromatic carbocycles. The molecule has 1 rings (SSSR count). The number of amides is 1. The van der Waals surface area contributed by atoms with Crippen LogP contribution in [0.15, 0.2) is 29.8 Å². The van der Waals surface area contributed by atoms with E-state index >= 15 is 0 Å². The first kappa shape index (κ1) is 13.7.